The summed E-state index contributed by atoms with van der Waals surface area (Å²) >= 11 is 3.47. The van der Waals surface area contributed by atoms with Crippen LogP contribution in [0.4, 0.5) is 0 Å². The molecule has 0 aliphatic rings. The largest absolute Gasteiger partial charge is 0.355 e. The Kier molecular flexibility index (Phi) is 3.17. The molecule has 0 atom stereocenters. The third-order valence-corrected chi connectivity index (χ3v) is 3.33. The zero-order valence-electron chi connectivity index (χ0n) is 10.4. The molecule has 0 unspecified atom stereocenters. The molecular weight excluding hydrogens is 302 g/mol. The third-order valence-electron chi connectivity index (χ3n) is 2.84. The highest BCUT2D eigenvalue weighted by molar-refractivity contribution is 9.10. The van der Waals surface area contributed by atoms with Gasteiger partial charge in [-0.1, -0.05) is 22.0 Å². The van der Waals surface area contributed by atoms with Crippen LogP contribution in [0.15, 0.2) is 41.1 Å². The molecule has 0 saturated carbocycles. The van der Waals surface area contributed by atoms with Gasteiger partial charge in [0.25, 0.3) is 0 Å². The van der Waals surface area contributed by atoms with Gasteiger partial charge in [0.15, 0.2) is 0 Å². The van der Waals surface area contributed by atoms with Crippen LogP contribution in [-0.4, -0.2) is 15.0 Å². The summed E-state index contributed by atoms with van der Waals surface area (Å²) in [5.41, 5.74) is 3.94. The number of halogens is 1. The van der Waals surface area contributed by atoms with E-state index >= 15 is 0 Å². The van der Waals surface area contributed by atoms with Crippen LogP contribution in [0, 0.1) is 6.92 Å². The van der Waals surface area contributed by atoms with Crippen molar-refractivity contribution in [3.05, 3.63) is 58.2 Å². The van der Waals surface area contributed by atoms with Gasteiger partial charge in [-0.05, 0) is 37.3 Å². The second kappa shape index (κ2) is 4.97. The highest BCUT2D eigenvalue weighted by Gasteiger charge is 1.99. The van der Waals surface area contributed by atoms with Crippen LogP contribution < -0.4 is 0 Å². The molecule has 2 heterocycles. The van der Waals surface area contributed by atoms with Crippen molar-refractivity contribution in [2.75, 3.05) is 0 Å². The first-order valence-corrected chi connectivity index (χ1v) is 6.75. The Hall–Kier alpha value is -1.94. The molecule has 0 amide bonds. The number of benzene rings is 1. The summed E-state index contributed by atoms with van der Waals surface area (Å²) in [4.78, 5) is 11.9. The minimum atomic E-state index is 0.852. The van der Waals surface area contributed by atoms with E-state index in [-0.39, 0.29) is 0 Å². The van der Waals surface area contributed by atoms with E-state index in [1.807, 2.05) is 25.1 Å². The first kappa shape index (κ1) is 12.1. The van der Waals surface area contributed by atoms with Gasteiger partial charge in [0, 0.05) is 27.3 Å². The lowest BCUT2D eigenvalue weighted by atomic mass is 10.2. The average molecular weight is 314 g/mol. The lowest BCUT2D eigenvalue weighted by molar-refractivity contribution is 1.10. The van der Waals surface area contributed by atoms with Gasteiger partial charge < -0.3 is 4.98 Å². The molecule has 3 rings (SSSR count). The zero-order valence-corrected chi connectivity index (χ0v) is 12.0. The van der Waals surface area contributed by atoms with Gasteiger partial charge in [-0.25, -0.2) is 0 Å². The van der Waals surface area contributed by atoms with E-state index in [1.54, 1.807) is 12.4 Å². The quantitative estimate of drug-likeness (QED) is 0.770. The molecule has 2 aromatic heterocycles. The Balaban J connectivity index is 1.90. The molecule has 0 aliphatic heterocycles. The van der Waals surface area contributed by atoms with Crippen LogP contribution in [0.1, 0.15) is 17.1 Å². The minimum Gasteiger partial charge on any atom is -0.355 e. The van der Waals surface area contributed by atoms with E-state index in [0.29, 0.717) is 0 Å². The molecule has 3 nitrogen and oxygen atoms in total. The van der Waals surface area contributed by atoms with Gasteiger partial charge in [0.2, 0.25) is 0 Å². The van der Waals surface area contributed by atoms with Crippen molar-refractivity contribution in [3.8, 4) is 0 Å². The summed E-state index contributed by atoms with van der Waals surface area (Å²) in [7, 11) is 0. The maximum absolute atomic E-state index is 4.29. The van der Waals surface area contributed by atoms with E-state index in [0.717, 1.165) is 27.1 Å². The van der Waals surface area contributed by atoms with Gasteiger partial charge in [0.05, 0.1) is 17.6 Å². The smallest absolute Gasteiger partial charge is 0.0813 e. The van der Waals surface area contributed by atoms with Crippen molar-refractivity contribution in [2.45, 2.75) is 6.92 Å². The number of aromatic nitrogens is 3. The van der Waals surface area contributed by atoms with Crippen molar-refractivity contribution < 1.29 is 0 Å². The van der Waals surface area contributed by atoms with E-state index in [2.05, 4.69) is 49.1 Å². The Morgan fingerprint density at radius 2 is 2.00 bits per heavy atom. The van der Waals surface area contributed by atoms with Crippen molar-refractivity contribution in [1.29, 1.82) is 0 Å². The lowest BCUT2D eigenvalue weighted by Crippen LogP contribution is -1.85. The molecule has 0 radical (unpaired) electrons. The van der Waals surface area contributed by atoms with Gasteiger partial charge >= 0.3 is 0 Å². The van der Waals surface area contributed by atoms with Crippen LogP contribution in [0.2, 0.25) is 0 Å². The van der Waals surface area contributed by atoms with E-state index < -0.39 is 0 Å². The maximum atomic E-state index is 4.29. The molecule has 0 bridgehead atoms. The monoisotopic (exact) mass is 313 g/mol. The first-order chi connectivity index (χ1) is 9.20. The van der Waals surface area contributed by atoms with E-state index in [9.17, 15) is 0 Å². The Morgan fingerprint density at radius 1 is 1.11 bits per heavy atom. The first-order valence-electron chi connectivity index (χ1n) is 5.96. The summed E-state index contributed by atoms with van der Waals surface area (Å²) in [6.07, 6.45) is 7.49. The second-order valence-electron chi connectivity index (χ2n) is 4.37. The number of H-pyrrole nitrogens is 1. The Bertz CT molecular complexity index is 742. The zero-order chi connectivity index (χ0) is 13.2. The van der Waals surface area contributed by atoms with Crippen molar-refractivity contribution >= 4 is 39.0 Å². The van der Waals surface area contributed by atoms with Crippen LogP contribution in [0.3, 0.4) is 0 Å². The lowest BCUT2D eigenvalue weighted by Gasteiger charge is -1.92. The predicted octanol–water partition coefficient (Wildman–Crippen LogP) is 4.20. The van der Waals surface area contributed by atoms with Crippen LogP contribution in [-0.2, 0) is 0 Å². The van der Waals surface area contributed by atoms with Crippen molar-refractivity contribution in [2.24, 2.45) is 0 Å². The topological polar surface area (TPSA) is 41.6 Å². The van der Waals surface area contributed by atoms with Crippen LogP contribution >= 0.6 is 15.9 Å². The van der Waals surface area contributed by atoms with Crippen LogP contribution in [0.5, 0.6) is 0 Å². The Morgan fingerprint density at radius 3 is 2.79 bits per heavy atom. The summed E-state index contributed by atoms with van der Waals surface area (Å²) in [5, 5.41) is 1.19. The average Bonchev–Trinajstić information content (AvgIpc) is 2.80. The molecule has 19 heavy (non-hydrogen) atoms. The molecule has 3 aromatic rings. The molecule has 4 heteroatoms. The second-order valence-corrected chi connectivity index (χ2v) is 5.29. The maximum Gasteiger partial charge on any atom is 0.0813 e. The molecule has 0 saturated heterocycles. The van der Waals surface area contributed by atoms with Gasteiger partial charge in [-0.15, -0.1) is 0 Å². The number of aryl methyl sites for hydroxylation is 1. The molecule has 0 spiro atoms. The van der Waals surface area contributed by atoms with E-state index in [1.165, 1.54) is 5.39 Å². The summed E-state index contributed by atoms with van der Waals surface area (Å²) in [6, 6.07) is 8.30. The van der Waals surface area contributed by atoms with Gasteiger partial charge in [0.1, 0.15) is 0 Å². The standard InChI is InChI=1S/C15H12BrN3/c1-10-8-18-14(9-17-10)5-4-13-6-11-2-3-12(16)7-15(11)19-13/h2-9,19H,1H3. The van der Waals surface area contributed by atoms with E-state index in [4.69, 9.17) is 0 Å². The third kappa shape index (κ3) is 2.74. The number of aromatic amines is 1. The highest BCUT2D eigenvalue weighted by atomic mass is 79.9. The normalized spacial score (nSPS) is 11.5. The molecule has 0 fully saturated rings. The molecule has 1 aromatic carbocycles. The molecule has 94 valence electrons. The molecule has 0 aliphatic carbocycles. The predicted molar refractivity (Wildman–Crippen MR) is 81.7 cm³/mol. The molecular formula is C15H12BrN3. The minimum absolute atomic E-state index is 0.852. The summed E-state index contributed by atoms with van der Waals surface area (Å²) < 4.78 is 1.07. The van der Waals surface area contributed by atoms with Crippen molar-refractivity contribution in [3.63, 3.8) is 0 Å². The van der Waals surface area contributed by atoms with Crippen molar-refractivity contribution in [1.82, 2.24) is 15.0 Å². The number of rotatable bonds is 2. The van der Waals surface area contributed by atoms with Gasteiger partial charge in [-0.2, -0.15) is 0 Å². The summed E-state index contributed by atoms with van der Waals surface area (Å²) in [5.74, 6) is 0. The van der Waals surface area contributed by atoms with Gasteiger partial charge in [-0.3, -0.25) is 9.97 Å². The highest BCUT2D eigenvalue weighted by Crippen LogP contribution is 2.21. The number of hydrogen-bond donors (Lipinski definition) is 1. The summed E-state index contributed by atoms with van der Waals surface area (Å²) in [6.45, 7) is 1.93. The fraction of sp³-hybridized carbons (Fsp3) is 0.0667. The number of hydrogen-bond acceptors (Lipinski definition) is 2. The SMILES string of the molecule is Cc1cnc(C=Cc2cc3ccc(Br)cc3[nH]2)cn1. The number of nitrogens with one attached hydrogen (secondary N) is 1. The molecule has 1 N–H and O–H groups in total. The fourth-order valence-electron chi connectivity index (χ4n) is 1.88. The number of nitrogens with zero attached hydrogens (tertiary/aromatic N) is 2. The number of fused-ring (bicyclic) bond motifs is 1. The van der Waals surface area contributed by atoms with Crippen LogP contribution in [0.25, 0.3) is 23.1 Å². The fourth-order valence-corrected chi connectivity index (χ4v) is 2.24. The Labute approximate surface area is 119 Å².